The number of aryl methyl sites for hydroxylation is 2. The fourth-order valence-electron chi connectivity index (χ4n) is 2.22. The molecule has 1 aromatic heterocycles. The first kappa shape index (κ1) is 18.0. The highest BCUT2D eigenvalue weighted by atomic mass is 35.5. The van der Waals surface area contributed by atoms with E-state index in [1.54, 1.807) is 30.9 Å². The number of nitrogens with one attached hydrogen (secondary N) is 1. The van der Waals surface area contributed by atoms with E-state index in [1.807, 2.05) is 18.2 Å². The minimum atomic E-state index is -0.400. The maximum Gasteiger partial charge on any atom is 0.341 e. The van der Waals surface area contributed by atoms with Gasteiger partial charge >= 0.3 is 5.97 Å². The van der Waals surface area contributed by atoms with E-state index in [4.69, 9.17) is 16.3 Å². The zero-order valence-corrected chi connectivity index (χ0v) is 14.5. The number of benzene rings is 1. The van der Waals surface area contributed by atoms with E-state index in [1.165, 1.54) is 0 Å². The van der Waals surface area contributed by atoms with Gasteiger partial charge in [-0.1, -0.05) is 29.8 Å². The number of esters is 1. The van der Waals surface area contributed by atoms with Crippen LogP contribution >= 0.6 is 11.6 Å². The van der Waals surface area contributed by atoms with Crippen LogP contribution in [0.25, 0.3) is 0 Å². The number of hydrogen-bond acceptors (Lipinski definition) is 4. The molecule has 2 aromatic rings. The van der Waals surface area contributed by atoms with Crippen LogP contribution in [0, 0.1) is 6.92 Å². The molecular weight excluding hydrogens is 330 g/mol. The van der Waals surface area contributed by atoms with Crippen LogP contribution < -0.4 is 5.32 Å². The van der Waals surface area contributed by atoms with E-state index >= 15 is 0 Å². The van der Waals surface area contributed by atoms with Crippen molar-refractivity contribution in [3.63, 3.8) is 0 Å². The van der Waals surface area contributed by atoms with Crippen molar-refractivity contribution in [2.75, 3.05) is 13.2 Å². The van der Waals surface area contributed by atoms with E-state index in [9.17, 15) is 9.59 Å². The smallest absolute Gasteiger partial charge is 0.341 e. The number of hydrogen-bond donors (Lipinski definition) is 1. The van der Waals surface area contributed by atoms with Crippen LogP contribution in [0.3, 0.4) is 0 Å². The summed E-state index contributed by atoms with van der Waals surface area (Å²) >= 11 is 6.02. The summed E-state index contributed by atoms with van der Waals surface area (Å²) in [6, 6.07) is 7.24. The predicted octanol–water partition coefficient (Wildman–Crippen LogP) is 2.29. The SMILES string of the molecule is Cc1nn(C)cc1C(=O)OCCCNC(=O)Cc1ccccc1Cl. The minimum absolute atomic E-state index is 0.113. The van der Waals surface area contributed by atoms with Crippen molar-refractivity contribution in [1.82, 2.24) is 15.1 Å². The monoisotopic (exact) mass is 349 g/mol. The first-order valence-corrected chi connectivity index (χ1v) is 8.02. The van der Waals surface area contributed by atoms with Crippen LogP contribution in [0.1, 0.15) is 28.0 Å². The van der Waals surface area contributed by atoms with E-state index in [0.717, 1.165) is 5.56 Å². The summed E-state index contributed by atoms with van der Waals surface area (Å²) in [5.74, 6) is -0.513. The molecule has 7 heteroatoms. The lowest BCUT2D eigenvalue weighted by molar-refractivity contribution is -0.120. The van der Waals surface area contributed by atoms with Crippen LogP contribution in [0.5, 0.6) is 0 Å². The molecule has 0 saturated carbocycles. The first-order valence-electron chi connectivity index (χ1n) is 7.65. The summed E-state index contributed by atoms with van der Waals surface area (Å²) in [6.45, 7) is 2.42. The number of amides is 1. The number of halogens is 1. The molecule has 1 amide bonds. The largest absolute Gasteiger partial charge is 0.462 e. The molecule has 6 nitrogen and oxygen atoms in total. The summed E-state index contributed by atoms with van der Waals surface area (Å²) in [6.07, 6.45) is 2.40. The highest BCUT2D eigenvalue weighted by Crippen LogP contribution is 2.15. The van der Waals surface area contributed by atoms with Crippen LogP contribution in [-0.2, 0) is 23.0 Å². The Morgan fingerprint density at radius 3 is 2.75 bits per heavy atom. The molecule has 0 aliphatic rings. The Hall–Kier alpha value is -2.34. The fourth-order valence-corrected chi connectivity index (χ4v) is 2.42. The average Bonchev–Trinajstić information content (AvgIpc) is 2.88. The second kappa shape index (κ2) is 8.49. The maximum absolute atomic E-state index is 11.9. The Morgan fingerprint density at radius 1 is 1.33 bits per heavy atom. The molecule has 0 atom stereocenters. The van der Waals surface area contributed by atoms with Crippen molar-refractivity contribution in [1.29, 1.82) is 0 Å². The number of aromatic nitrogens is 2. The van der Waals surface area contributed by atoms with Gasteiger partial charge in [0.2, 0.25) is 5.91 Å². The van der Waals surface area contributed by atoms with Crippen LogP contribution in [0.15, 0.2) is 30.5 Å². The van der Waals surface area contributed by atoms with Crippen LogP contribution in [0.2, 0.25) is 5.02 Å². The summed E-state index contributed by atoms with van der Waals surface area (Å²) in [4.78, 5) is 23.7. The van der Waals surface area contributed by atoms with Crippen molar-refractivity contribution in [2.45, 2.75) is 19.8 Å². The van der Waals surface area contributed by atoms with Gasteiger partial charge in [-0.25, -0.2) is 4.79 Å². The maximum atomic E-state index is 11.9. The van der Waals surface area contributed by atoms with Crippen molar-refractivity contribution in [2.24, 2.45) is 7.05 Å². The highest BCUT2D eigenvalue weighted by Gasteiger charge is 2.13. The standard InChI is InChI=1S/C17H20ClN3O3/c1-12-14(11-21(2)20-12)17(23)24-9-5-8-19-16(22)10-13-6-3-4-7-15(13)18/h3-4,6-7,11H,5,8-10H2,1-2H3,(H,19,22). The molecule has 1 N–H and O–H groups in total. The molecule has 2 rings (SSSR count). The molecule has 1 heterocycles. The van der Waals surface area contributed by atoms with Crippen molar-refractivity contribution in [3.05, 3.63) is 52.3 Å². The van der Waals surface area contributed by atoms with Gasteiger partial charge in [-0.3, -0.25) is 9.48 Å². The molecule has 0 aliphatic heterocycles. The zero-order chi connectivity index (χ0) is 17.5. The molecule has 128 valence electrons. The molecule has 0 radical (unpaired) electrons. The molecule has 0 bridgehead atoms. The number of carbonyl (C=O) groups excluding carboxylic acids is 2. The molecule has 0 saturated heterocycles. The Morgan fingerprint density at radius 2 is 2.08 bits per heavy atom. The van der Waals surface area contributed by atoms with Gasteiger partial charge in [-0.15, -0.1) is 0 Å². The van der Waals surface area contributed by atoms with Gasteiger partial charge in [-0.05, 0) is 25.0 Å². The quantitative estimate of drug-likeness (QED) is 0.615. The summed E-state index contributed by atoms with van der Waals surface area (Å²) in [5.41, 5.74) is 1.88. The molecule has 0 spiro atoms. The number of nitrogens with zero attached hydrogens (tertiary/aromatic N) is 2. The van der Waals surface area contributed by atoms with Crippen molar-refractivity contribution >= 4 is 23.5 Å². The summed E-state index contributed by atoms with van der Waals surface area (Å²) < 4.78 is 6.75. The van der Waals surface area contributed by atoms with Crippen molar-refractivity contribution < 1.29 is 14.3 Å². The summed E-state index contributed by atoms with van der Waals surface area (Å²) in [7, 11) is 1.75. The lowest BCUT2D eigenvalue weighted by atomic mass is 10.1. The number of ether oxygens (including phenoxy) is 1. The Kier molecular flexibility index (Phi) is 6.37. The lowest BCUT2D eigenvalue weighted by Crippen LogP contribution is -2.27. The topological polar surface area (TPSA) is 73.2 Å². The van der Waals surface area contributed by atoms with E-state index in [0.29, 0.717) is 29.2 Å². The van der Waals surface area contributed by atoms with Gasteiger partial charge in [0.25, 0.3) is 0 Å². The van der Waals surface area contributed by atoms with Crippen LogP contribution in [-0.4, -0.2) is 34.8 Å². The Bertz CT molecular complexity index is 728. The van der Waals surface area contributed by atoms with Gasteiger partial charge in [0, 0.05) is 24.8 Å². The molecular formula is C17H20ClN3O3. The van der Waals surface area contributed by atoms with E-state index in [-0.39, 0.29) is 18.9 Å². The normalized spacial score (nSPS) is 10.5. The molecule has 24 heavy (non-hydrogen) atoms. The Labute approximate surface area is 145 Å². The number of rotatable bonds is 7. The van der Waals surface area contributed by atoms with Gasteiger partial charge in [0.15, 0.2) is 0 Å². The minimum Gasteiger partial charge on any atom is -0.462 e. The molecule has 0 aliphatic carbocycles. The molecule has 0 fully saturated rings. The lowest BCUT2D eigenvalue weighted by Gasteiger charge is -2.07. The van der Waals surface area contributed by atoms with Gasteiger partial charge in [0.05, 0.1) is 18.7 Å². The van der Waals surface area contributed by atoms with Gasteiger partial charge in [-0.2, -0.15) is 5.10 Å². The highest BCUT2D eigenvalue weighted by molar-refractivity contribution is 6.31. The second-order valence-corrected chi connectivity index (χ2v) is 5.82. The third kappa shape index (κ3) is 5.09. The first-order chi connectivity index (χ1) is 11.5. The van der Waals surface area contributed by atoms with E-state index < -0.39 is 5.97 Å². The third-order valence-corrected chi connectivity index (χ3v) is 3.79. The zero-order valence-electron chi connectivity index (χ0n) is 13.7. The van der Waals surface area contributed by atoms with E-state index in [2.05, 4.69) is 10.4 Å². The summed E-state index contributed by atoms with van der Waals surface area (Å²) in [5, 5.41) is 7.45. The number of carbonyl (C=O) groups is 2. The molecule has 1 aromatic carbocycles. The third-order valence-electron chi connectivity index (χ3n) is 3.42. The van der Waals surface area contributed by atoms with Crippen LogP contribution in [0.4, 0.5) is 0 Å². The fraction of sp³-hybridized carbons (Fsp3) is 0.353. The van der Waals surface area contributed by atoms with Crippen molar-refractivity contribution in [3.8, 4) is 0 Å². The predicted molar refractivity (Wildman–Crippen MR) is 91.0 cm³/mol. The molecule has 0 unspecified atom stereocenters. The Balaban J connectivity index is 1.66. The van der Waals surface area contributed by atoms with Gasteiger partial charge < -0.3 is 10.1 Å². The average molecular weight is 350 g/mol. The van der Waals surface area contributed by atoms with Gasteiger partial charge in [0.1, 0.15) is 5.56 Å². The second-order valence-electron chi connectivity index (χ2n) is 5.41.